The predicted octanol–water partition coefficient (Wildman–Crippen LogP) is 4.08. The first-order valence-corrected chi connectivity index (χ1v) is 15.1. The number of nitrogens with one attached hydrogen (secondary N) is 1. The highest BCUT2D eigenvalue weighted by Crippen LogP contribution is 2.34. The van der Waals surface area contributed by atoms with Crippen molar-refractivity contribution in [2.45, 2.75) is 38.7 Å². The number of piperidine rings is 1. The number of nitriles is 1. The number of hydrogen-bond donors (Lipinski definition) is 1. The monoisotopic (exact) mass is 579 g/mol. The van der Waals surface area contributed by atoms with Crippen LogP contribution in [-0.2, 0) is 16.0 Å². The van der Waals surface area contributed by atoms with E-state index >= 15 is 0 Å². The molecule has 0 amide bonds. The molecule has 0 bridgehead atoms. The lowest BCUT2D eigenvalue weighted by molar-refractivity contribution is -0.123. The third kappa shape index (κ3) is 6.69. The summed E-state index contributed by atoms with van der Waals surface area (Å²) in [7, 11) is 0. The van der Waals surface area contributed by atoms with E-state index in [1.54, 1.807) is 16.9 Å². The van der Waals surface area contributed by atoms with Gasteiger partial charge in [-0.2, -0.15) is 10.4 Å². The van der Waals surface area contributed by atoms with Crippen molar-refractivity contribution in [3.05, 3.63) is 72.4 Å². The van der Waals surface area contributed by atoms with Crippen molar-refractivity contribution in [3.8, 4) is 22.9 Å². The number of carbonyl (C=O) groups is 1. The molecular formula is C33H37N7O3. The first-order chi connectivity index (χ1) is 21.1. The lowest BCUT2D eigenvalue weighted by Gasteiger charge is -2.39. The van der Waals surface area contributed by atoms with Crippen molar-refractivity contribution in [2.75, 3.05) is 44.3 Å². The smallest absolute Gasteiger partial charge is 0.138 e. The summed E-state index contributed by atoms with van der Waals surface area (Å²) in [4.78, 5) is 24.9. The Morgan fingerprint density at radius 1 is 1.19 bits per heavy atom. The van der Waals surface area contributed by atoms with Crippen LogP contribution >= 0.6 is 0 Å². The topological polar surface area (TPSA) is 118 Å². The fourth-order valence-electron chi connectivity index (χ4n) is 6.33. The zero-order chi connectivity index (χ0) is 29.6. The minimum absolute atomic E-state index is 0.0273. The minimum Gasteiger partial charge on any atom is -0.492 e. The van der Waals surface area contributed by atoms with Gasteiger partial charge >= 0.3 is 0 Å². The molecule has 3 atom stereocenters. The van der Waals surface area contributed by atoms with Gasteiger partial charge in [0.05, 0.1) is 42.8 Å². The molecule has 2 fully saturated rings. The van der Waals surface area contributed by atoms with E-state index in [2.05, 4.69) is 32.4 Å². The quantitative estimate of drug-likeness (QED) is 0.296. The van der Waals surface area contributed by atoms with E-state index < -0.39 is 0 Å². The van der Waals surface area contributed by atoms with E-state index in [0.717, 1.165) is 67.2 Å². The van der Waals surface area contributed by atoms with Crippen LogP contribution in [-0.4, -0.2) is 70.9 Å². The molecule has 0 aromatic carbocycles. The molecule has 10 heteroatoms. The number of hydrogen-bond acceptors (Lipinski definition) is 9. The molecule has 43 heavy (non-hydrogen) atoms. The number of pyridine rings is 3. The van der Waals surface area contributed by atoms with Crippen molar-refractivity contribution < 1.29 is 14.3 Å². The number of aromatic nitrogens is 4. The lowest BCUT2D eigenvalue weighted by Crippen LogP contribution is -2.43. The Balaban J connectivity index is 1.20. The van der Waals surface area contributed by atoms with Gasteiger partial charge < -0.3 is 19.7 Å². The number of nitrogens with zero attached hydrogens (tertiary/aromatic N) is 6. The molecule has 0 spiro atoms. The third-order valence-corrected chi connectivity index (χ3v) is 8.44. The average Bonchev–Trinajstić information content (AvgIpc) is 3.46. The molecule has 6 heterocycles. The van der Waals surface area contributed by atoms with Crippen molar-refractivity contribution >= 4 is 17.1 Å². The number of rotatable bonds is 10. The molecule has 2 saturated heterocycles. The van der Waals surface area contributed by atoms with Crippen LogP contribution in [0.15, 0.2) is 61.2 Å². The Labute approximate surface area is 251 Å². The first kappa shape index (κ1) is 28.8. The van der Waals surface area contributed by atoms with Gasteiger partial charge in [0, 0.05) is 68.2 Å². The van der Waals surface area contributed by atoms with Gasteiger partial charge in [-0.05, 0) is 61.9 Å². The molecule has 0 saturated carbocycles. The van der Waals surface area contributed by atoms with Gasteiger partial charge in [-0.25, -0.2) is 9.50 Å². The SMILES string of the molecule is CCOc1cc(-c2ccc(N3CCC(CC(=O)CC4CNCCO4)C(Cc4ccccn4)C3)nc2)c2c(C#N)cnn2c1. The van der Waals surface area contributed by atoms with Crippen molar-refractivity contribution in [1.29, 1.82) is 5.26 Å². The molecule has 10 nitrogen and oxygen atoms in total. The lowest BCUT2D eigenvalue weighted by atomic mass is 9.79. The maximum atomic E-state index is 13.1. The molecule has 6 rings (SSSR count). The van der Waals surface area contributed by atoms with Crippen molar-refractivity contribution in [3.63, 3.8) is 0 Å². The summed E-state index contributed by atoms with van der Waals surface area (Å²) in [5.74, 6) is 2.40. The second-order valence-corrected chi connectivity index (χ2v) is 11.3. The number of Topliss-reactive ketones (excluding diaryl/α,β-unsaturated/α-hetero) is 1. The Morgan fingerprint density at radius 3 is 2.86 bits per heavy atom. The van der Waals surface area contributed by atoms with E-state index in [1.165, 1.54) is 0 Å². The normalized spacial score (nSPS) is 20.6. The van der Waals surface area contributed by atoms with Crippen LogP contribution in [0.25, 0.3) is 16.6 Å². The van der Waals surface area contributed by atoms with Gasteiger partial charge in [-0.3, -0.25) is 9.78 Å². The summed E-state index contributed by atoms with van der Waals surface area (Å²) in [5, 5.41) is 17.4. The van der Waals surface area contributed by atoms with E-state index in [0.29, 0.717) is 37.4 Å². The number of ether oxygens (including phenoxy) is 2. The highest BCUT2D eigenvalue weighted by atomic mass is 16.5. The van der Waals surface area contributed by atoms with E-state index in [1.807, 2.05) is 49.6 Å². The Morgan fingerprint density at radius 2 is 2.12 bits per heavy atom. The first-order valence-electron chi connectivity index (χ1n) is 15.1. The summed E-state index contributed by atoms with van der Waals surface area (Å²) >= 11 is 0. The molecule has 2 aliphatic heterocycles. The van der Waals surface area contributed by atoms with E-state index in [4.69, 9.17) is 14.5 Å². The molecule has 0 aliphatic carbocycles. The van der Waals surface area contributed by atoms with E-state index in [9.17, 15) is 10.1 Å². The maximum absolute atomic E-state index is 13.1. The van der Waals surface area contributed by atoms with Gasteiger partial charge in [0.25, 0.3) is 0 Å². The zero-order valence-electron chi connectivity index (χ0n) is 24.5. The van der Waals surface area contributed by atoms with Crippen molar-refractivity contribution in [1.82, 2.24) is 24.9 Å². The number of fused-ring (bicyclic) bond motifs is 1. The largest absolute Gasteiger partial charge is 0.492 e. The summed E-state index contributed by atoms with van der Waals surface area (Å²) in [5.41, 5.74) is 4.01. The van der Waals surface area contributed by atoms with Crippen LogP contribution < -0.4 is 15.0 Å². The average molecular weight is 580 g/mol. The van der Waals surface area contributed by atoms with Crippen LogP contribution in [0.1, 0.15) is 37.4 Å². The second-order valence-electron chi connectivity index (χ2n) is 11.3. The van der Waals surface area contributed by atoms with Crippen LogP contribution in [0, 0.1) is 23.2 Å². The molecule has 3 unspecified atom stereocenters. The van der Waals surface area contributed by atoms with Crippen LogP contribution in [0.2, 0.25) is 0 Å². The molecule has 2 aliphatic rings. The highest BCUT2D eigenvalue weighted by Gasteiger charge is 2.32. The fraction of sp³-hybridized carbons (Fsp3) is 0.424. The number of ketones is 1. The Kier molecular flexibility index (Phi) is 8.91. The van der Waals surface area contributed by atoms with Gasteiger partial charge in [-0.15, -0.1) is 0 Å². The predicted molar refractivity (Wildman–Crippen MR) is 163 cm³/mol. The summed E-state index contributed by atoms with van der Waals surface area (Å²) in [6.45, 7) is 6.34. The van der Waals surface area contributed by atoms with Gasteiger partial charge in [0.15, 0.2) is 0 Å². The third-order valence-electron chi connectivity index (χ3n) is 8.44. The molecule has 1 N–H and O–H groups in total. The molecular weight excluding hydrogens is 542 g/mol. The summed E-state index contributed by atoms with van der Waals surface area (Å²) in [6.07, 6.45) is 9.79. The molecule has 222 valence electrons. The molecule has 4 aromatic rings. The second kappa shape index (κ2) is 13.3. The van der Waals surface area contributed by atoms with Crippen LogP contribution in [0.3, 0.4) is 0 Å². The Bertz CT molecular complexity index is 1580. The van der Waals surface area contributed by atoms with Gasteiger partial charge in [0.2, 0.25) is 0 Å². The molecule has 0 radical (unpaired) electrons. The maximum Gasteiger partial charge on any atom is 0.138 e. The highest BCUT2D eigenvalue weighted by molar-refractivity contribution is 5.85. The summed E-state index contributed by atoms with van der Waals surface area (Å²) in [6, 6.07) is 14.3. The van der Waals surface area contributed by atoms with E-state index in [-0.39, 0.29) is 23.7 Å². The molecule has 4 aromatic heterocycles. The van der Waals surface area contributed by atoms with Gasteiger partial charge in [0.1, 0.15) is 23.4 Å². The summed E-state index contributed by atoms with van der Waals surface area (Å²) < 4.78 is 13.2. The number of morpholine rings is 1. The Hall–Kier alpha value is -4.33. The fourth-order valence-corrected chi connectivity index (χ4v) is 6.33. The standard InChI is InChI=1S/C33H37N7O3/c1-2-42-30-16-31(33-26(17-34)19-38-40(33)22-30)24-6-7-32(37-18-24)39-11-8-23(14-28(41)15-29-20-35-10-12-43-29)25(21-39)13-27-5-3-4-9-36-27/h3-7,9,16,18-19,22-23,25,29,35H,2,8,10-15,20-21H2,1H3. The van der Waals surface area contributed by atoms with Gasteiger partial charge in [-0.1, -0.05) is 6.07 Å². The number of carbonyl (C=O) groups excluding carboxylic acids is 1. The van der Waals surface area contributed by atoms with Crippen LogP contribution in [0.5, 0.6) is 5.75 Å². The number of anilines is 1. The van der Waals surface area contributed by atoms with Crippen LogP contribution in [0.4, 0.5) is 5.82 Å². The zero-order valence-corrected chi connectivity index (χ0v) is 24.5. The minimum atomic E-state index is -0.0273. The van der Waals surface area contributed by atoms with Crippen molar-refractivity contribution in [2.24, 2.45) is 11.8 Å².